The largest absolute Gasteiger partial charge is 0.508 e. The minimum absolute atomic E-state index is 0.00368. The molecule has 28 heavy (non-hydrogen) atoms. The van der Waals surface area contributed by atoms with Gasteiger partial charge in [0.1, 0.15) is 11.6 Å². The number of hydrogen-bond acceptors (Lipinski definition) is 3. The first kappa shape index (κ1) is 20.1. The maximum absolute atomic E-state index is 13.9. The first-order chi connectivity index (χ1) is 12.9. The van der Waals surface area contributed by atoms with Crippen LogP contribution in [0.4, 0.5) is 17.6 Å². The maximum atomic E-state index is 13.9. The van der Waals surface area contributed by atoms with Gasteiger partial charge in [-0.3, -0.25) is 4.98 Å². The molecule has 8 heteroatoms. The van der Waals surface area contributed by atoms with Gasteiger partial charge < -0.3 is 15.2 Å². The van der Waals surface area contributed by atoms with Crippen molar-refractivity contribution in [3.63, 3.8) is 0 Å². The van der Waals surface area contributed by atoms with E-state index in [1.807, 2.05) is 0 Å². The van der Waals surface area contributed by atoms with Crippen LogP contribution in [0, 0.1) is 5.82 Å². The van der Waals surface area contributed by atoms with E-state index in [9.17, 15) is 27.8 Å². The molecule has 2 heterocycles. The fraction of sp³-hybridized carbons (Fsp3) is 0.350. The monoisotopic (exact) mass is 396 g/mol. The number of nitrogens with zero attached hydrogens (tertiary/aromatic N) is 1. The standard InChI is InChI=1S/C20H20F4N2O2/c1-18(2,15-8-13(21)3-4-17(15)27)11-19(28,20(22,23)24)9-14-7-12-10-25-6-5-16(12)26-14/h3-8,10,26-28H,9,11H2,1-2H3/t19-/m0/s1. The highest BCUT2D eigenvalue weighted by Gasteiger charge is 2.56. The number of alkyl halides is 3. The summed E-state index contributed by atoms with van der Waals surface area (Å²) in [4.78, 5) is 6.78. The molecular weight excluding hydrogens is 376 g/mol. The molecule has 0 radical (unpaired) electrons. The summed E-state index contributed by atoms with van der Waals surface area (Å²) in [5.41, 5.74) is -3.65. The molecule has 1 aromatic carbocycles. The summed E-state index contributed by atoms with van der Waals surface area (Å²) < 4.78 is 55.2. The lowest BCUT2D eigenvalue weighted by atomic mass is 9.73. The van der Waals surface area contributed by atoms with Gasteiger partial charge in [-0.1, -0.05) is 13.8 Å². The third-order valence-corrected chi connectivity index (χ3v) is 4.91. The number of H-pyrrole nitrogens is 1. The average molecular weight is 396 g/mol. The van der Waals surface area contributed by atoms with Crippen molar-refractivity contribution in [3.05, 3.63) is 59.8 Å². The first-order valence-corrected chi connectivity index (χ1v) is 8.61. The second-order valence-electron chi connectivity index (χ2n) is 7.69. The van der Waals surface area contributed by atoms with Crippen LogP contribution in [0.15, 0.2) is 42.7 Å². The van der Waals surface area contributed by atoms with Gasteiger partial charge in [0.2, 0.25) is 0 Å². The third-order valence-electron chi connectivity index (χ3n) is 4.91. The van der Waals surface area contributed by atoms with Crippen LogP contribution in [-0.2, 0) is 11.8 Å². The first-order valence-electron chi connectivity index (χ1n) is 8.61. The average Bonchev–Trinajstić information content (AvgIpc) is 2.97. The quantitative estimate of drug-likeness (QED) is 0.552. The Morgan fingerprint density at radius 1 is 1.11 bits per heavy atom. The van der Waals surface area contributed by atoms with Gasteiger partial charge in [-0.05, 0) is 42.2 Å². The van der Waals surface area contributed by atoms with E-state index in [0.29, 0.717) is 10.9 Å². The van der Waals surface area contributed by atoms with E-state index in [-0.39, 0.29) is 17.0 Å². The molecule has 0 fully saturated rings. The number of aliphatic hydroxyl groups is 1. The number of rotatable bonds is 5. The van der Waals surface area contributed by atoms with Crippen LogP contribution >= 0.6 is 0 Å². The van der Waals surface area contributed by atoms with Gasteiger partial charge in [-0.2, -0.15) is 13.2 Å². The van der Waals surface area contributed by atoms with Crippen molar-refractivity contribution < 1.29 is 27.8 Å². The van der Waals surface area contributed by atoms with E-state index in [0.717, 1.165) is 18.2 Å². The molecule has 2 aromatic heterocycles. The van der Waals surface area contributed by atoms with E-state index < -0.39 is 35.9 Å². The molecule has 3 N–H and O–H groups in total. The number of halogens is 4. The van der Waals surface area contributed by atoms with Crippen molar-refractivity contribution in [1.29, 1.82) is 0 Å². The molecule has 0 saturated carbocycles. The Labute approximate surface area is 158 Å². The maximum Gasteiger partial charge on any atom is 0.417 e. The second kappa shape index (κ2) is 6.77. The molecule has 0 amide bonds. The van der Waals surface area contributed by atoms with Crippen molar-refractivity contribution in [2.24, 2.45) is 0 Å². The van der Waals surface area contributed by atoms with E-state index in [1.54, 1.807) is 6.07 Å². The lowest BCUT2D eigenvalue weighted by Crippen LogP contribution is -2.50. The molecule has 0 aliphatic carbocycles. The van der Waals surface area contributed by atoms with Gasteiger partial charge in [0.25, 0.3) is 0 Å². The molecule has 0 aliphatic rings. The SMILES string of the molecule is CC(C)(C[C@@](O)(Cc1cc2cnccc2[nH]1)C(F)(F)F)c1cc(F)ccc1O. The summed E-state index contributed by atoms with van der Waals surface area (Å²) in [7, 11) is 0. The molecule has 3 aromatic rings. The Morgan fingerprint density at radius 2 is 1.82 bits per heavy atom. The summed E-state index contributed by atoms with van der Waals surface area (Å²) in [6.07, 6.45) is -3.41. The van der Waals surface area contributed by atoms with Crippen LogP contribution in [0.2, 0.25) is 0 Å². The Balaban J connectivity index is 1.98. The van der Waals surface area contributed by atoms with E-state index in [2.05, 4.69) is 9.97 Å². The predicted molar refractivity (Wildman–Crippen MR) is 96.5 cm³/mol. The Bertz CT molecular complexity index is 964. The fourth-order valence-corrected chi connectivity index (χ4v) is 3.58. The summed E-state index contributed by atoms with van der Waals surface area (Å²) in [5, 5.41) is 21.3. The van der Waals surface area contributed by atoms with Crippen LogP contribution in [0.1, 0.15) is 31.5 Å². The van der Waals surface area contributed by atoms with Crippen LogP contribution < -0.4 is 0 Å². The van der Waals surface area contributed by atoms with Crippen molar-refractivity contribution in [2.45, 2.75) is 43.9 Å². The number of aromatic amines is 1. The number of phenolic OH excluding ortho intramolecular Hbond substituents is 1. The zero-order chi connectivity index (χ0) is 20.7. The Hall–Kier alpha value is -2.61. The summed E-state index contributed by atoms with van der Waals surface area (Å²) in [6, 6.07) is 6.22. The zero-order valence-electron chi connectivity index (χ0n) is 15.3. The number of hydrogen-bond donors (Lipinski definition) is 3. The second-order valence-corrected chi connectivity index (χ2v) is 7.69. The topological polar surface area (TPSA) is 69.1 Å². The van der Waals surface area contributed by atoms with Gasteiger partial charge in [-0.25, -0.2) is 4.39 Å². The highest BCUT2D eigenvalue weighted by Crippen LogP contribution is 2.45. The molecule has 1 atom stereocenters. The van der Waals surface area contributed by atoms with Crippen LogP contribution in [0.3, 0.4) is 0 Å². The van der Waals surface area contributed by atoms with Crippen LogP contribution in [-0.4, -0.2) is 32.0 Å². The van der Waals surface area contributed by atoms with Gasteiger partial charge >= 0.3 is 6.18 Å². The number of fused-ring (bicyclic) bond motifs is 1. The van der Waals surface area contributed by atoms with Crippen molar-refractivity contribution >= 4 is 10.9 Å². The van der Waals surface area contributed by atoms with Gasteiger partial charge in [0, 0.05) is 41.0 Å². The number of aromatic nitrogens is 2. The zero-order valence-corrected chi connectivity index (χ0v) is 15.3. The molecule has 0 spiro atoms. The molecule has 0 saturated heterocycles. The predicted octanol–water partition coefficient (Wildman–Crippen LogP) is 4.61. The number of nitrogens with one attached hydrogen (secondary N) is 1. The van der Waals surface area contributed by atoms with Crippen molar-refractivity contribution in [1.82, 2.24) is 9.97 Å². The summed E-state index contributed by atoms with van der Waals surface area (Å²) in [6.45, 7) is 2.85. The normalized spacial score (nSPS) is 15.0. The van der Waals surface area contributed by atoms with Crippen LogP contribution in [0.5, 0.6) is 5.75 Å². The minimum Gasteiger partial charge on any atom is -0.508 e. The number of benzene rings is 1. The van der Waals surface area contributed by atoms with Gasteiger partial charge in [0.15, 0.2) is 5.60 Å². The van der Waals surface area contributed by atoms with Crippen molar-refractivity contribution in [2.75, 3.05) is 0 Å². The van der Waals surface area contributed by atoms with Crippen molar-refractivity contribution in [3.8, 4) is 5.75 Å². The summed E-state index contributed by atoms with van der Waals surface area (Å²) >= 11 is 0. The summed E-state index contributed by atoms with van der Waals surface area (Å²) in [5.74, 6) is -1.01. The third kappa shape index (κ3) is 3.82. The number of pyridine rings is 1. The molecule has 3 rings (SSSR count). The van der Waals surface area contributed by atoms with E-state index in [4.69, 9.17) is 0 Å². The van der Waals surface area contributed by atoms with Gasteiger partial charge in [0.05, 0.1) is 0 Å². The highest BCUT2D eigenvalue weighted by atomic mass is 19.4. The van der Waals surface area contributed by atoms with Crippen LogP contribution in [0.25, 0.3) is 10.9 Å². The highest BCUT2D eigenvalue weighted by molar-refractivity contribution is 5.79. The fourth-order valence-electron chi connectivity index (χ4n) is 3.58. The van der Waals surface area contributed by atoms with E-state index in [1.165, 1.54) is 32.3 Å². The lowest BCUT2D eigenvalue weighted by molar-refractivity contribution is -0.266. The molecule has 150 valence electrons. The smallest absolute Gasteiger partial charge is 0.417 e. The Morgan fingerprint density at radius 3 is 2.46 bits per heavy atom. The Kier molecular flexibility index (Phi) is 4.87. The van der Waals surface area contributed by atoms with Gasteiger partial charge in [-0.15, -0.1) is 0 Å². The number of phenols is 1. The minimum atomic E-state index is -4.94. The molecule has 0 aliphatic heterocycles. The molecule has 4 nitrogen and oxygen atoms in total. The lowest BCUT2D eigenvalue weighted by Gasteiger charge is -2.38. The molecular formula is C20H20F4N2O2. The molecule has 0 bridgehead atoms. The van der Waals surface area contributed by atoms with E-state index >= 15 is 0 Å². The number of aromatic hydroxyl groups is 1. The molecule has 0 unspecified atom stereocenters.